The van der Waals surface area contributed by atoms with Crippen LogP contribution in [0.15, 0.2) is 0 Å². The summed E-state index contributed by atoms with van der Waals surface area (Å²) >= 11 is 0. The lowest BCUT2D eigenvalue weighted by molar-refractivity contribution is 0.276. The predicted octanol–water partition coefficient (Wildman–Crippen LogP) is 4.60. The van der Waals surface area contributed by atoms with E-state index in [9.17, 15) is 4.57 Å². The molecule has 0 spiro atoms. The Balaban J connectivity index is 3.28. The molecule has 0 fully saturated rings. The quantitative estimate of drug-likeness (QED) is 0.329. The van der Waals surface area contributed by atoms with E-state index in [0.717, 1.165) is 6.42 Å². The van der Waals surface area contributed by atoms with Crippen LogP contribution in [0, 0.1) is 0 Å². The summed E-state index contributed by atoms with van der Waals surface area (Å²) in [6, 6.07) is 0. The van der Waals surface area contributed by atoms with Crippen LogP contribution in [0.2, 0.25) is 19.6 Å². The fourth-order valence-corrected chi connectivity index (χ4v) is 3.86. The monoisotopic (exact) mass is 266 g/mol. The van der Waals surface area contributed by atoms with Crippen LogP contribution in [-0.2, 0) is 13.3 Å². The molecule has 0 saturated carbocycles. The smallest absolute Gasteiger partial charge is 0.309 e. The van der Waals surface area contributed by atoms with Crippen molar-refractivity contribution in [3.63, 3.8) is 0 Å². The first-order valence-electron chi connectivity index (χ1n) is 6.31. The summed E-state index contributed by atoms with van der Waals surface area (Å²) in [7, 11) is -3.93. The SMILES string of the molecule is CCCCCCCCO[PH](=O)O[Si](C)(C)C. The zero-order valence-electron chi connectivity index (χ0n) is 11.2. The summed E-state index contributed by atoms with van der Waals surface area (Å²) < 4.78 is 21.9. The molecule has 16 heavy (non-hydrogen) atoms. The third-order valence-electron chi connectivity index (χ3n) is 2.11. The summed E-state index contributed by atoms with van der Waals surface area (Å²) in [4.78, 5) is 0. The third-order valence-corrected chi connectivity index (χ3v) is 5.66. The summed E-state index contributed by atoms with van der Waals surface area (Å²) in [5, 5.41) is 0. The molecule has 0 amide bonds. The minimum absolute atomic E-state index is 0.578. The summed E-state index contributed by atoms with van der Waals surface area (Å²) in [6.07, 6.45) is 7.31. The average molecular weight is 266 g/mol. The maximum Gasteiger partial charge on any atom is 0.309 e. The Labute approximate surface area is 102 Å². The van der Waals surface area contributed by atoms with Crippen molar-refractivity contribution in [3.8, 4) is 0 Å². The lowest BCUT2D eigenvalue weighted by atomic mass is 10.1. The molecule has 5 heteroatoms. The Morgan fingerprint density at radius 2 is 1.56 bits per heavy atom. The fraction of sp³-hybridized carbons (Fsp3) is 1.00. The van der Waals surface area contributed by atoms with Gasteiger partial charge in [0.15, 0.2) is 8.32 Å². The molecule has 1 atom stereocenters. The number of hydrogen-bond donors (Lipinski definition) is 0. The molecule has 0 aliphatic rings. The minimum Gasteiger partial charge on any atom is -0.353 e. The maximum atomic E-state index is 11.4. The van der Waals surface area contributed by atoms with Gasteiger partial charge in [0.2, 0.25) is 0 Å². The van der Waals surface area contributed by atoms with Gasteiger partial charge in [0.25, 0.3) is 0 Å². The van der Waals surface area contributed by atoms with E-state index in [1.807, 2.05) is 19.6 Å². The van der Waals surface area contributed by atoms with Gasteiger partial charge in [0.05, 0.1) is 6.61 Å². The van der Waals surface area contributed by atoms with Gasteiger partial charge in [-0.05, 0) is 26.1 Å². The molecule has 1 unspecified atom stereocenters. The second kappa shape index (κ2) is 9.40. The van der Waals surface area contributed by atoms with Crippen molar-refractivity contribution >= 4 is 16.6 Å². The van der Waals surface area contributed by atoms with Crippen LogP contribution in [-0.4, -0.2) is 14.9 Å². The molecule has 0 saturated heterocycles. The van der Waals surface area contributed by atoms with E-state index in [-0.39, 0.29) is 0 Å². The van der Waals surface area contributed by atoms with Crippen LogP contribution in [0.25, 0.3) is 0 Å². The van der Waals surface area contributed by atoms with Crippen LogP contribution in [0.3, 0.4) is 0 Å². The summed E-state index contributed by atoms with van der Waals surface area (Å²) in [5.41, 5.74) is 0. The van der Waals surface area contributed by atoms with E-state index in [1.165, 1.54) is 32.1 Å². The largest absolute Gasteiger partial charge is 0.353 e. The van der Waals surface area contributed by atoms with Crippen LogP contribution < -0.4 is 0 Å². The van der Waals surface area contributed by atoms with Crippen LogP contribution in [0.1, 0.15) is 45.4 Å². The van der Waals surface area contributed by atoms with E-state index in [4.69, 9.17) is 8.74 Å². The Bertz CT molecular complexity index is 192. The van der Waals surface area contributed by atoms with E-state index >= 15 is 0 Å². The highest BCUT2D eigenvalue weighted by Gasteiger charge is 2.17. The van der Waals surface area contributed by atoms with Gasteiger partial charge >= 0.3 is 8.25 Å². The van der Waals surface area contributed by atoms with Crippen molar-refractivity contribution in [2.75, 3.05) is 6.61 Å². The zero-order chi connectivity index (χ0) is 12.4. The molecule has 0 N–H and O–H groups in total. The fourth-order valence-electron chi connectivity index (χ4n) is 1.32. The zero-order valence-corrected chi connectivity index (χ0v) is 13.2. The van der Waals surface area contributed by atoms with Gasteiger partial charge in [-0.3, -0.25) is 4.57 Å². The molecule has 0 bridgehead atoms. The summed E-state index contributed by atoms with van der Waals surface area (Å²) in [5.74, 6) is 0. The molecule has 0 aromatic heterocycles. The lowest BCUT2D eigenvalue weighted by Gasteiger charge is -2.16. The number of hydrogen-bond acceptors (Lipinski definition) is 3. The highest BCUT2D eigenvalue weighted by atomic mass is 31.1. The molecule has 98 valence electrons. The van der Waals surface area contributed by atoms with Crippen molar-refractivity contribution in [1.82, 2.24) is 0 Å². The topological polar surface area (TPSA) is 35.5 Å². The molecule has 0 aliphatic carbocycles. The molecule has 0 heterocycles. The van der Waals surface area contributed by atoms with Gasteiger partial charge in [0, 0.05) is 0 Å². The predicted molar refractivity (Wildman–Crippen MR) is 72.8 cm³/mol. The normalized spacial score (nSPS) is 14.0. The van der Waals surface area contributed by atoms with Crippen LogP contribution in [0.5, 0.6) is 0 Å². The Morgan fingerprint density at radius 3 is 2.12 bits per heavy atom. The van der Waals surface area contributed by atoms with Crippen LogP contribution in [0.4, 0.5) is 0 Å². The Kier molecular flexibility index (Phi) is 9.62. The molecule has 0 radical (unpaired) electrons. The van der Waals surface area contributed by atoms with Crippen LogP contribution >= 0.6 is 8.25 Å². The highest BCUT2D eigenvalue weighted by molar-refractivity contribution is 7.35. The van der Waals surface area contributed by atoms with Crippen molar-refractivity contribution in [2.45, 2.75) is 65.1 Å². The van der Waals surface area contributed by atoms with Gasteiger partial charge < -0.3 is 8.74 Å². The third kappa shape index (κ3) is 12.4. The average Bonchev–Trinajstić information content (AvgIpc) is 2.13. The van der Waals surface area contributed by atoms with E-state index in [0.29, 0.717) is 6.61 Å². The minimum atomic E-state index is -2.23. The number of unbranched alkanes of at least 4 members (excludes halogenated alkanes) is 5. The van der Waals surface area contributed by atoms with Gasteiger partial charge in [-0.25, -0.2) is 0 Å². The molecule has 3 nitrogen and oxygen atoms in total. The number of rotatable bonds is 10. The molecule has 0 aromatic carbocycles. The van der Waals surface area contributed by atoms with Gasteiger partial charge in [-0.1, -0.05) is 39.0 Å². The first-order valence-corrected chi connectivity index (χ1v) is 10.9. The molecule has 0 aliphatic heterocycles. The van der Waals surface area contributed by atoms with E-state index < -0.39 is 16.6 Å². The van der Waals surface area contributed by atoms with Crippen molar-refractivity contribution in [1.29, 1.82) is 0 Å². The second-order valence-electron chi connectivity index (χ2n) is 5.08. The first kappa shape index (κ1) is 16.4. The molecular formula is C11H27O3PSi. The lowest BCUT2D eigenvalue weighted by Crippen LogP contribution is -2.21. The summed E-state index contributed by atoms with van der Waals surface area (Å²) in [6.45, 7) is 8.84. The van der Waals surface area contributed by atoms with Gasteiger partial charge in [-0.2, -0.15) is 0 Å². The molecule has 0 aromatic rings. The Morgan fingerprint density at radius 1 is 1.00 bits per heavy atom. The maximum absolute atomic E-state index is 11.4. The molecular weight excluding hydrogens is 239 g/mol. The van der Waals surface area contributed by atoms with Crippen molar-refractivity contribution in [2.24, 2.45) is 0 Å². The second-order valence-corrected chi connectivity index (χ2v) is 10.9. The van der Waals surface area contributed by atoms with E-state index in [1.54, 1.807) is 0 Å². The van der Waals surface area contributed by atoms with E-state index in [2.05, 4.69) is 6.92 Å². The molecule has 0 rings (SSSR count). The first-order chi connectivity index (χ1) is 7.45. The standard InChI is InChI=1S/C11H27O3PSi/c1-5-6-7-8-9-10-11-13-15(12)14-16(2,3)4/h15H,5-11H2,1-4H3. The van der Waals surface area contributed by atoms with Crippen molar-refractivity contribution in [3.05, 3.63) is 0 Å². The van der Waals surface area contributed by atoms with Gasteiger partial charge in [-0.15, -0.1) is 0 Å². The highest BCUT2D eigenvalue weighted by Crippen LogP contribution is 2.29. The van der Waals surface area contributed by atoms with Crippen molar-refractivity contribution < 1.29 is 13.3 Å². The Hall–Kier alpha value is 0.367. The van der Waals surface area contributed by atoms with Gasteiger partial charge in [0.1, 0.15) is 0 Å².